The van der Waals surface area contributed by atoms with Crippen LogP contribution >= 0.6 is 34.4 Å². The second-order valence-corrected chi connectivity index (χ2v) is 22.2. The number of thioether (sulfide) groups is 1. The monoisotopic (exact) mass is 1240 g/mol. The average Bonchev–Trinajstić information content (AvgIpc) is 2.67. The SMILES string of the molecule is CCSc1nc(Nc2cc(N(CC)CC)c(OC)cc2/N=N/c2ncc(/C=C(\C(C)=O)C(=O)Nc3cccc(F)c3)s2)nc(Nc2cc(N(CC)CC)c(OC)cc2/N=N/c2nc(S(=O)(=O)O)c(/C=C(/C(C)=O)C(=O)Nc3cccc(F)c3)s2)n1. The van der Waals surface area contributed by atoms with E-state index < -0.39 is 55.7 Å². The normalized spacial score (nSPS) is 11.9. The van der Waals surface area contributed by atoms with Crippen LogP contribution < -0.4 is 40.5 Å². The van der Waals surface area contributed by atoms with E-state index >= 15 is 0 Å². The van der Waals surface area contributed by atoms with Gasteiger partial charge in [0.25, 0.3) is 11.8 Å². The number of halogens is 2. The van der Waals surface area contributed by atoms with Gasteiger partial charge in [-0.25, -0.2) is 18.7 Å². The number of benzene rings is 4. The molecule has 7 aromatic rings. The quantitative estimate of drug-likeness (QED) is 0.00798. The number of Topliss-reactive ketones (excluding diaryl/α,β-unsaturated/α-hetero) is 2. The minimum atomic E-state index is -5.08. The molecule has 4 aromatic carbocycles. The fraction of sp³-hybridized carbons (Fsp3) is 0.255. The van der Waals surface area contributed by atoms with Crippen LogP contribution in [0.25, 0.3) is 12.2 Å². The summed E-state index contributed by atoms with van der Waals surface area (Å²) in [6.45, 7) is 14.5. The number of aromatic nitrogens is 5. The van der Waals surface area contributed by atoms with Crippen molar-refractivity contribution in [2.24, 2.45) is 20.5 Å². The molecule has 0 radical (unpaired) electrons. The molecule has 0 saturated carbocycles. The van der Waals surface area contributed by atoms with Crippen molar-refractivity contribution in [2.75, 3.05) is 77.2 Å². The minimum Gasteiger partial charge on any atom is -0.494 e. The maximum Gasteiger partial charge on any atom is 0.313 e. The summed E-state index contributed by atoms with van der Waals surface area (Å²) in [7, 11) is -2.08. The van der Waals surface area contributed by atoms with Gasteiger partial charge in [-0.3, -0.25) is 23.7 Å². The van der Waals surface area contributed by atoms with Crippen molar-refractivity contribution in [2.45, 2.75) is 58.6 Å². The fourth-order valence-electron chi connectivity index (χ4n) is 8.00. The lowest BCUT2D eigenvalue weighted by molar-refractivity contribution is -0.120. The predicted molar refractivity (Wildman–Crippen MR) is 326 cm³/mol. The average molecular weight is 1240 g/mol. The Morgan fingerprint density at radius 3 is 1.58 bits per heavy atom. The van der Waals surface area contributed by atoms with E-state index in [0.29, 0.717) is 81.9 Å². The number of hydrogen-bond donors (Lipinski definition) is 5. The first-order valence-corrected chi connectivity index (χ1v) is 30.0. The Morgan fingerprint density at radius 1 is 0.659 bits per heavy atom. The molecular formula is C55H57F2N15O9S4. The third-order valence-electron chi connectivity index (χ3n) is 12.0. The summed E-state index contributed by atoms with van der Waals surface area (Å²) in [6.07, 6.45) is 3.72. The van der Waals surface area contributed by atoms with Crippen molar-refractivity contribution in [3.8, 4) is 11.5 Å². The minimum absolute atomic E-state index is 0.0230. The number of ketones is 2. The molecular weight excluding hydrogens is 1180 g/mol. The Kier molecular flexibility index (Phi) is 21.7. The van der Waals surface area contributed by atoms with Crippen molar-refractivity contribution >= 4 is 148 Å². The molecule has 0 aliphatic carbocycles. The maximum absolute atomic E-state index is 13.9. The maximum atomic E-state index is 13.9. The van der Waals surface area contributed by atoms with Crippen molar-refractivity contribution in [3.05, 3.63) is 112 Å². The zero-order valence-corrected chi connectivity index (χ0v) is 50.5. The Labute approximate surface area is 499 Å². The molecule has 0 aliphatic heterocycles. The lowest BCUT2D eigenvalue weighted by Crippen LogP contribution is -2.22. The van der Waals surface area contributed by atoms with Crippen LogP contribution in [0.4, 0.5) is 76.4 Å². The Morgan fingerprint density at radius 2 is 1.14 bits per heavy atom. The highest BCUT2D eigenvalue weighted by Gasteiger charge is 2.26. The van der Waals surface area contributed by atoms with Gasteiger partial charge < -0.3 is 40.5 Å². The predicted octanol–water partition coefficient (Wildman–Crippen LogP) is 12.7. The summed E-state index contributed by atoms with van der Waals surface area (Å²) in [5.41, 5.74) is 1.83. The molecule has 24 nitrogen and oxygen atoms in total. The molecule has 0 aliphatic rings. The molecule has 2 amide bonds. The molecule has 0 atom stereocenters. The van der Waals surface area contributed by atoms with Gasteiger partial charge in [0.1, 0.15) is 34.5 Å². The standard InChI is InChI=1S/C55H57F2N15O9S4/c1-10-71(11-2)43-25-39(41(27-45(43)80-8)67-69-53-58-29-36(83-53)23-37(30(6)73)48(75)59-34-19-15-17-32(56)21-34)61-51-64-52(66-54(65-51)82-14-5)62-40-26-44(72(12-3)13-4)46(81-9)28-42(40)68-70-55-63-50(85(77,78)79)47(84-55)24-38(31(7)74)49(76)60-35-20-16-18-33(57)22-35/h15-29H,10-14H2,1-9H3,(H,59,75)(H,60,76)(H,77,78,79)(H2,61,62,64,65,66)/b37-23+,38-24-,69-67+,70-68+. The topological polar surface area (TPSA) is 310 Å². The fourth-order valence-corrected chi connectivity index (χ4v) is 11.0. The molecule has 3 aromatic heterocycles. The number of anilines is 8. The lowest BCUT2D eigenvalue weighted by Gasteiger charge is -2.25. The van der Waals surface area contributed by atoms with Crippen LogP contribution in [-0.2, 0) is 29.3 Å². The van der Waals surface area contributed by atoms with Crippen molar-refractivity contribution in [1.29, 1.82) is 0 Å². The van der Waals surface area contributed by atoms with Crippen LogP contribution in [0.1, 0.15) is 58.2 Å². The molecule has 5 N–H and O–H groups in total. The van der Waals surface area contributed by atoms with Gasteiger partial charge in [0.2, 0.25) is 27.2 Å². The number of nitrogens with one attached hydrogen (secondary N) is 4. The number of hydrogen-bond acceptors (Lipinski definition) is 24. The number of rotatable bonds is 27. The number of thiazole rings is 2. The largest absolute Gasteiger partial charge is 0.494 e. The van der Waals surface area contributed by atoms with E-state index in [-0.39, 0.29) is 61.0 Å². The van der Waals surface area contributed by atoms with E-state index in [1.807, 2.05) is 45.6 Å². The van der Waals surface area contributed by atoms with E-state index in [0.717, 1.165) is 42.5 Å². The third-order valence-corrected chi connectivity index (χ3v) is 15.4. The van der Waals surface area contributed by atoms with E-state index in [4.69, 9.17) is 24.4 Å². The molecule has 444 valence electrons. The highest BCUT2D eigenvalue weighted by Crippen LogP contribution is 2.43. The van der Waals surface area contributed by atoms with E-state index in [2.05, 4.69) is 56.6 Å². The highest BCUT2D eigenvalue weighted by atomic mass is 32.2. The summed E-state index contributed by atoms with van der Waals surface area (Å²) in [4.78, 5) is 78.6. The summed E-state index contributed by atoms with van der Waals surface area (Å²) >= 11 is 2.95. The number of carbonyl (C=O) groups is 4. The lowest BCUT2D eigenvalue weighted by atomic mass is 10.1. The molecule has 0 spiro atoms. The Bertz CT molecular complexity index is 3890. The zero-order chi connectivity index (χ0) is 61.5. The number of methoxy groups -OCH3 is 2. The van der Waals surface area contributed by atoms with Crippen LogP contribution in [0.15, 0.2) is 121 Å². The molecule has 0 bridgehead atoms. The molecule has 0 unspecified atom stereocenters. The van der Waals surface area contributed by atoms with Gasteiger partial charge in [0, 0.05) is 55.9 Å². The highest BCUT2D eigenvalue weighted by molar-refractivity contribution is 7.99. The van der Waals surface area contributed by atoms with E-state index in [9.17, 15) is 40.9 Å². The Balaban J connectivity index is 1.27. The first-order valence-electron chi connectivity index (χ1n) is 25.9. The summed E-state index contributed by atoms with van der Waals surface area (Å²) in [5.74, 6) is -2.77. The van der Waals surface area contributed by atoms with E-state index in [1.165, 1.54) is 75.5 Å². The smallest absolute Gasteiger partial charge is 0.313 e. The van der Waals surface area contributed by atoms with Gasteiger partial charge in [-0.1, -0.05) is 53.5 Å². The van der Waals surface area contributed by atoms with Crippen molar-refractivity contribution in [1.82, 2.24) is 24.9 Å². The van der Waals surface area contributed by atoms with Crippen molar-refractivity contribution < 1.29 is 50.4 Å². The summed E-state index contributed by atoms with van der Waals surface area (Å²) < 4.78 is 75.1. The van der Waals surface area contributed by atoms with Crippen LogP contribution in [-0.4, -0.2) is 107 Å². The first kappa shape index (κ1) is 63.6. The van der Waals surface area contributed by atoms with E-state index in [1.54, 1.807) is 18.2 Å². The van der Waals surface area contributed by atoms with Gasteiger partial charge in [-0.2, -0.15) is 23.4 Å². The molecule has 0 fully saturated rings. The summed E-state index contributed by atoms with van der Waals surface area (Å²) in [6, 6.07) is 17.0. The van der Waals surface area contributed by atoms with Gasteiger partial charge in [-0.15, -0.1) is 20.5 Å². The molecule has 85 heavy (non-hydrogen) atoms. The first-order chi connectivity index (χ1) is 40.7. The third kappa shape index (κ3) is 16.6. The van der Waals surface area contributed by atoms with Crippen LogP contribution in [0.5, 0.6) is 11.5 Å². The van der Waals surface area contributed by atoms with Crippen LogP contribution in [0.3, 0.4) is 0 Å². The molecule has 30 heteroatoms. The van der Waals surface area contributed by atoms with Crippen LogP contribution in [0.2, 0.25) is 0 Å². The summed E-state index contributed by atoms with van der Waals surface area (Å²) in [5, 5.41) is 28.4. The second-order valence-electron chi connectivity index (χ2n) is 17.6. The van der Waals surface area contributed by atoms with Crippen LogP contribution in [0, 0.1) is 11.6 Å². The molecule has 0 saturated heterocycles. The zero-order valence-electron chi connectivity index (χ0n) is 47.2. The number of carbonyl (C=O) groups excluding carboxylic acids is 4. The molecule has 3 heterocycles. The van der Waals surface area contributed by atoms with Gasteiger partial charge in [0.05, 0.1) is 57.9 Å². The van der Waals surface area contributed by atoms with Gasteiger partial charge >= 0.3 is 10.1 Å². The number of azo groups is 2. The molecule has 7 rings (SSSR count). The Hall–Kier alpha value is -8.97. The van der Waals surface area contributed by atoms with Gasteiger partial charge in [0.15, 0.2) is 16.7 Å². The number of amides is 2. The van der Waals surface area contributed by atoms with Crippen molar-refractivity contribution in [3.63, 3.8) is 0 Å². The van der Waals surface area contributed by atoms with Gasteiger partial charge in [-0.05, 0) is 108 Å². The number of ether oxygens (including phenoxy) is 2. The number of nitrogens with zero attached hydrogens (tertiary/aromatic N) is 11. The second kappa shape index (κ2) is 29.0.